The van der Waals surface area contributed by atoms with Gasteiger partial charge in [0, 0.05) is 17.8 Å². The second kappa shape index (κ2) is 6.34. The first-order valence-corrected chi connectivity index (χ1v) is 7.35. The lowest BCUT2D eigenvalue weighted by molar-refractivity contribution is 0.354. The normalized spacial score (nSPS) is 23.1. The molecule has 0 bridgehead atoms. The Kier molecular flexibility index (Phi) is 4.78. The zero-order valence-electron chi connectivity index (χ0n) is 11.2. The SMILES string of the molecule is COc1ccc(CNC2CCSC2C)cc1OC. The van der Waals surface area contributed by atoms with Crippen molar-refractivity contribution in [3.05, 3.63) is 23.8 Å². The fourth-order valence-corrected chi connectivity index (χ4v) is 3.47. The van der Waals surface area contributed by atoms with Crippen LogP contribution >= 0.6 is 11.8 Å². The highest BCUT2D eigenvalue weighted by Crippen LogP contribution is 2.29. The molecule has 0 aromatic heterocycles. The molecule has 0 spiro atoms. The summed E-state index contributed by atoms with van der Waals surface area (Å²) in [7, 11) is 3.33. The van der Waals surface area contributed by atoms with Crippen molar-refractivity contribution in [2.45, 2.75) is 31.2 Å². The third kappa shape index (κ3) is 3.12. The molecule has 1 aliphatic heterocycles. The number of hydrogen-bond acceptors (Lipinski definition) is 4. The monoisotopic (exact) mass is 267 g/mol. The van der Waals surface area contributed by atoms with Gasteiger partial charge in [0.25, 0.3) is 0 Å². The van der Waals surface area contributed by atoms with E-state index in [0.29, 0.717) is 11.3 Å². The van der Waals surface area contributed by atoms with E-state index in [2.05, 4.69) is 18.3 Å². The molecule has 0 radical (unpaired) electrons. The van der Waals surface area contributed by atoms with Crippen LogP contribution in [0.25, 0.3) is 0 Å². The summed E-state index contributed by atoms with van der Waals surface area (Å²) in [6, 6.07) is 6.71. The molecule has 4 heteroatoms. The van der Waals surface area contributed by atoms with E-state index >= 15 is 0 Å². The summed E-state index contributed by atoms with van der Waals surface area (Å²) >= 11 is 2.05. The van der Waals surface area contributed by atoms with Crippen molar-refractivity contribution in [1.29, 1.82) is 0 Å². The lowest BCUT2D eigenvalue weighted by atomic mass is 10.1. The summed E-state index contributed by atoms with van der Waals surface area (Å²) in [4.78, 5) is 0. The first-order valence-electron chi connectivity index (χ1n) is 6.30. The first-order chi connectivity index (χ1) is 8.74. The Morgan fingerprint density at radius 1 is 1.28 bits per heavy atom. The van der Waals surface area contributed by atoms with Crippen LogP contribution in [0.2, 0.25) is 0 Å². The van der Waals surface area contributed by atoms with Gasteiger partial charge >= 0.3 is 0 Å². The fraction of sp³-hybridized carbons (Fsp3) is 0.571. The van der Waals surface area contributed by atoms with Crippen LogP contribution in [0.4, 0.5) is 0 Å². The van der Waals surface area contributed by atoms with Gasteiger partial charge in [-0.05, 0) is 29.9 Å². The predicted octanol–water partition coefficient (Wildman–Crippen LogP) is 2.69. The van der Waals surface area contributed by atoms with Crippen LogP contribution in [0, 0.1) is 0 Å². The molecule has 1 saturated heterocycles. The molecule has 2 unspecified atom stereocenters. The maximum Gasteiger partial charge on any atom is 0.161 e. The van der Waals surface area contributed by atoms with Crippen LogP contribution < -0.4 is 14.8 Å². The van der Waals surface area contributed by atoms with E-state index in [1.54, 1.807) is 14.2 Å². The minimum atomic E-state index is 0.628. The summed E-state index contributed by atoms with van der Waals surface area (Å²) < 4.78 is 10.6. The number of ether oxygens (including phenoxy) is 2. The lowest BCUT2D eigenvalue weighted by Gasteiger charge is -2.17. The molecular formula is C14H21NO2S. The third-order valence-corrected chi connectivity index (χ3v) is 4.72. The average molecular weight is 267 g/mol. The minimum Gasteiger partial charge on any atom is -0.493 e. The van der Waals surface area contributed by atoms with Gasteiger partial charge in [-0.25, -0.2) is 0 Å². The van der Waals surface area contributed by atoms with Crippen molar-refractivity contribution >= 4 is 11.8 Å². The second-order valence-corrected chi connectivity index (χ2v) is 6.03. The topological polar surface area (TPSA) is 30.5 Å². The highest BCUT2D eigenvalue weighted by Gasteiger charge is 2.23. The maximum absolute atomic E-state index is 5.31. The van der Waals surface area contributed by atoms with Gasteiger partial charge in [0.15, 0.2) is 11.5 Å². The molecule has 2 atom stereocenters. The molecule has 1 aliphatic rings. The van der Waals surface area contributed by atoms with Gasteiger partial charge in [-0.3, -0.25) is 0 Å². The molecule has 100 valence electrons. The van der Waals surface area contributed by atoms with Crippen molar-refractivity contribution < 1.29 is 9.47 Å². The smallest absolute Gasteiger partial charge is 0.161 e. The van der Waals surface area contributed by atoms with Crippen LogP contribution in [0.5, 0.6) is 11.5 Å². The van der Waals surface area contributed by atoms with Crippen molar-refractivity contribution in [3.8, 4) is 11.5 Å². The Balaban J connectivity index is 1.97. The highest BCUT2D eigenvalue weighted by molar-refractivity contribution is 8.00. The van der Waals surface area contributed by atoms with E-state index in [9.17, 15) is 0 Å². The van der Waals surface area contributed by atoms with Crippen molar-refractivity contribution in [2.24, 2.45) is 0 Å². The van der Waals surface area contributed by atoms with E-state index in [1.807, 2.05) is 23.9 Å². The van der Waals surface area contributed by atoms with Gasteiger partial charge in [-0.2, -0.15) is 11.8 Å². The Labute approximate surface area is 113 Å². The third-order valence-electron chi connectivity index (χ3n) is 3.39. The van der Waals surface area contributed by atoms with Crippen LogP contribution in [-0.2, 0) is 6.54 Å². The minimum absolute atomic E-state index is 0.628. The Morgan fingerprint density at radius 2 is 2.06 bits per heavy atom. The molecule has 1 fully saturated rings. The Hall–Kier alpha value is -0.870. The summed E-state index contributed by atoms with van der Waals surface area (Å²) in [6.45, 7) is 3.18. The number of nitrogens with one attached hydrogen (secondary N) is 1. The van der Waals surface area contributed by atoms with E-state index in [0.717, 1.165) is 18.0 Å². The number of hydrogen-bond donors (Lipinski definition) is 1. The van der Waals surface area contributed by atoms with Gasteiger partial charge in [-0.15, -0.1) is 0 Å². The summed E-state index contributed by atoms with van der Waals surface area (Å²) in [5.41, 5.74) is 1.23. The van der Waals surface area contributed by atoms with Crippen molar-refractivity contribution in [1.82, 2.24) is 5.32 Å². The Bertz CT molecular complexity index is 397. The fourth-order valence-electron chi connectivity index (χ4n) is 2.24. The number of methoxy groups -OCH3 is 2. The van der Waals surface area contributed by atoms with E-state index in [4.69, 9.17) is 9.47 Å². The van der Waals surface area contributed by atoms with E-state index in [1.165, 1.54) is 17.7 Å². The maximum atomic E-state index is 5.31. The van der Waals surface area contributed by atoms with E-state index in [-0.39, 0.29) is 0 Å². The molecule has 0 aliphatic carbocycles. The van der Waals surface area contributed by atoms with E-state index < -0.39 is 0 Å². The molecule has 18 heavy (non-hydrogen) atoms. The van der Waals surface area contributed by atoms with Crippen molar-refractivity contribution in [3.63, 3.8) is 0 Å². The van der Waals surface area contributed by atoms with Crippen LogP contribution in [0.1, 0.15) is 18.9 Å². The zero-order chi connectivity index (χ0) is 13.0. The van der Waals surface area contributed by atoms with Crippen LogP contribution in [-0.4, -0.2) is 31.3 Å². The quantitative estimate of drug-likeness (QED) is 0.888. The number of benzene rings is 1. The standard InChI is InChI=1S/C14H21NO2S/c1-10-12(6-7-18-10)15-9-11-4-5-13(16-2)14(8-11)17-3/h4-5,8,10,12,15H,6-7,9H2,1-3H3. The predicted molar refractivity (Wildman–Crippen MR) is 76.7 cm³/mol. The molecule has 1 heterocycles. The van der Waals surface area contributed by atoms with Crippen LogP contribution in [0.15, 0.2) is 18.2 Å². The van der Waals surface area contributed by atoms with Crippen molar-refractivity contribution in [2.75, 3.05) is 20.0 Å². The molecule has 2 rings (SSSR count). The highest BCUT2D eigenvalue weighted by atomic mass is 32.2. The lowest BCUT2D eigenvalue weighted by Crippen LogP contribution is -2.32. The van der Waals surface area contributed by atoms with Gasteiger partial charge in [0.1, 0.15) is 0 Å². The molecule has 0 amide bonds. The number of rotatable bonds is 5. The average Bonchev–Trinajstić information content (AvgIpc) is 2.81. The summed E-state index contributed by atoms with van der Waals surface area (Å²) in [6.07, 6.45) is 1.26. The molecule has 1 aromatic carbocycles. The number of thioether (sulfide) groups is 1. The summed E-state index contributed by atoms with van der Waals surface area (Å²) in [5, 5.41) is 4.33. The van der Waals surface area contributed by atoms with Gasteiger partial charge in [0.2, 0.25) is 0 Å². The zero-order valence-corrected chi connectivity index (χ0v) is 12.0. The second-order valence-electron chi connectivity index (χ2n) is 4.54. The molecule has 1 N–H and O–H groups in total. The molecule has 0 saturated carbocycles. The Morgan fingerprint density at radius 3 is 2.67 bits per heavy atom. The van der Waals surface area contributed by atoms with Gasteiger partial charge in [-0.1, -0.05) is 13.0 Å². The molecule has 3 nitrogen and oxygen atoms in total. The van der Waals surface area contributed by atoms with Gasteiger partial charge < -0.3 is 14.8 Å². The largest absolute Gasteiger partial charge is 0.493 e. The summed E-state index contributed by atoms with van der Waals surface area (Å²) in [5.74, 6) is 2.85. The first kappa shape index (κ1) is 13.6. The van der Waals surface area contributed by atoms with Gasteiger partial charge in [0.05, 0.1) is 14.2 Å². The molecule has 1 aromatic rings. The van der Waals surface area contributed by atoms with Crippen LogP contribution in [0.3, 0.4) is 0 Å². The molecular weight excluding hydrogens is 246 g/mol.